The van der Waals surface area contributed by atoms with Crippen molar-refractivity contribution in [1.82, 2.24) is 9.55 Å². The average Bonchev–Trinajstić information content (AvgIpc) is 2.58. The normalized spacial score (nSPS) is 10.8. The molecule has 1 aromatic heterocycles. The standard InChI is InChI=1S/C17H13ClFN3O3/c18-10-5-6-12(19)13(9-10)20-15(23)7-8-22-14-4-2-1-3-11(14)16(24)21-17(22)25/h1-6,9H,7-8H2,(H,20,23)(H,21,24,25). The number of aromatic amines is 1. The second-order valence-electron chi connectivity index (χ2n) is 5.35. The summed E-state index contributed by atoms with van der Waals surface area (Å²) in [6.07, 6.45) is -0.0815. The molecule has 0 aliphatic carbocycles. The number of amides is 1. The lowest BCUT2D eigenvalue weighted by molar-refractivity contribution is -0.116. The third-order valence-electron chi connectivity index (χ3n) is 3.67. The van der Waals surface area contributed by atoms with E-state index in [0.29, 0.717) is 15.9 Å². The summed E-state index contributed by atoms with van der Waals surface area (Å²) >= 11 is 5.78. The van der Waals surface area contributed by atoms with Crippen molar-refractivity contribution in [3.8, 4) is 0 Å². The number of nitrogens with one attached hydrogen (secondary N) is 2. The molecule has 0 radical (unpaired) electrons. The van der Waals surface area contributed by atoms with Crippen molar-refractivity contribution in [3.63, 3.8) is 0 Å². The highest BCUT2D eigenvalue weighted by Gasteiger charge is 2.11. The average molecular weight is 362 g/mol. The maximum absolute atomic E-state index is 13.6. The van der Waals surface area contributed by atoms with Crippen molar-refractivity contribution >= 4 is 34.1 Å². The van der Waals surface area contributed by atoms with Crippen LogP contribution in [-0.4, -0.2) is 15.5 Å². The van der Waals surface area contributed by atoms with Gasteiger partial charge in [0.15, 0.2) is 0 Å². The minimum atomic E-state index is -0.607. The number of hydrogen-bond acceptors (Lipinski definition) is 3. The van der Waals surface area contributed by atoms with Crippen LogP contribution in [0, 0.1) is 5.82 Å². The summed E-state index contributed by atoms with van der Waals surface area (Å²) in [5, 5.41) is 3.06. The van der Waals surface area contributed by atoms with Crippen LogP contribution in [0.1, 0.15) is 6.42 Å². The largest absolute Gasteiger partial charge is 0.328 e. The lowest BCUT2D eigenvalue weighted by Gasteiger charge is -2.10. The van der Waals surface area contributed by atoms with Gasteiger partial charge in [0.1, 0.15) is 5.82 Å². The number of fused-ring (bicyclic) bond motifs is 1. The summed E-state index contributed by atoms with van der Waals surface area (Å²) in [5.74, 6) is -1.09. The number of anilines is 1. The predicted molar refractivity (Wildman–Crippen MR) is 93.5 cm³/mol. The Kier molecular flexibility index (Phi) is 4.67. The van der Waals surface area contributed by atoms with Crippen LogP contribution in [0.5, 0.6) is 0 Å². The lowest BCUT2D eigenvalue weighted by atomic mass is 10.2. The lowest BCUT2D eigenvalue weighted by Crippen LogP contribution is -2.31. The monoisotopic (exact) mass is 361 g/mol. The zero-order valence-corrected chi connectivity index (χ0v) is 13.6. The van der Waals surface area contributed by atoms with E-state index in [1.54, 1.807) is 24.3 Å². The number of carbonyl (C=O) groups excluding carboxylic acids is 1. The van der Waals surface area contributed by atoms with Gasteiger partial charge in [-0.2, -0.15) is 0 Å². The van der Waals surface area contributed by atoms with Gasteiger partial charge in [0.25, 0.3) is 5.56 Å². The van der Waals surface area contributed by atoms with E-state index in [9.17, 15) is 18.8 Å². The van der Waals surface area contributed by atoms with E-state index in [1.807, 2.05) is 0 Å². The van der Waals surface area contributed by atoms with Crippen molar-refractivity contribution < 1.29 is 9.18 Å². The molecule has 2 N–H and O–H groups in total. The zero-order valence-electron chi connectivity index (χ0n) is 12.9. The predicted octanol–water partition coefficient (Wildman–Crippen LogP) is 2.51. The first kappa shape index (κ1) is 16.9. The topological polar surface area (TPSA) is 84.0 Å². The number of aryl methyl sites for hydroxylation is 1. The minimum Gasteiger partial charge on any atom is -0.323 e. The van der Waals surface area contributed by atoms with Crippen LogP contribution in [0.25, 0.3) is 10.9 Å². The summed E-state index contributed by atoms with van der Waals surface area (Å²) in [5.41, 5.74) is -0.693. The van der Waals surface area contributed by atoms with Crippen molar-refractivity contribution in [1.29, 1.82) is 0 Å². The molecule has 0 fully saturated rings. The Morgan fingerprint density at radius 2 is 1.96 bits per heavy atom. The fourth-order valence-corrected chi connectivity index (χ4v) is 2.66. The number of carbonyl (C=O) groups is 1. The Morgan fingerprint density at radius 1 is 1.20 bits per heavy atom. The fraction of sp³-hybridized carbons (Fsp3) is 0.118. The number of nitrogens with zero attached hydrogens (tertiary/aromatic N) is 1. The molecule has 1 amide bonds. The van der Waals surface area contributed by atoms with Crippen LogP contribution < -0.4 is 16.6 Å². The number of hydrogen-bond donors (Lipinski definition) is 2. The minimum absolute atomic E-state index is 0.0313. The van der Waals surface area contributed by atoms with E-state index < -0.39 is 23.0 Å². The molecule has 128 valence electrons. The van der Waals surface area contributed by atoms with Gasteiger partial charge >= 0.3 is 5.69 Å². The Morgan fingerprint density at radius 3 is 2.76 bits per heavy atom. The van der Waals surface area contributed by atoms with Crippen LogP contribution in [0.4, 0.5) is 10.1 Å². The summed E-state index contributed by atoms with van der Waals surface area (Å²) in [6, 6.07) is 10.4. The maximum atomic E-state index is 13.6. The van der Waals surface area contributed by atoms with Gasteiger partial charge in [-0.1, -0.05) is 23.7 Å². The second-order valence-corrected chi connectivity index (χ2v) is 5.79. The number of aromatic nitrogens is 2. The van der Waals surface area contributed by atoms with Crippen LogP contribution in [0.2, 0.25) is 5.02 Å². The Labute approximate surface area is 145 Å². The maximum Gasteiger partial charge on any atom is 0.328 e. The molecule has 2 aromatic carbocycles. The molecule has 6 nitrogen and oxygen atoms in total. The van der Waals surface area contributed by atoms with Gasteiger partial charge in [-0.05, 0) is 30.3 Å². The highest BCUT2D eigenvalue weighted by atomic mass is 35.5. The molecule has 0 atom stereocenters. The highest BCUT2D eigenvalue weighted by Crippen LogP contribution is 2.19. The summed E-state index contributed by atoms with van der Waals surface area (Å²) in [7, 11) is 0. The molecule has 8 heteroatoms. The zero-order chi connectivity index (χ0) is 18.0. The third kappa shape index (κ3) is 3.61. The van der Waals surface area contributed by atoms with E-state index in [2.05, 4.69) is 10.3 Å². The molecule has 1 heterocycles. The molecular formula is C17H13ClFN3O3. The molecule has 3 rings (SSSR count). The van der Waals surface area contributed by atoms with Gasteiger partial charge in [0, 0.05) is 18.0 Å². The first-order chi connectivity index (χ1) is 12.0. The molecule has 0 aliphatic heterocycles. The van der Waals surface area contributed by atoms with E-state index in [0.717, 1.165) is 6.07 Å². The summed E-state index contributed by atoms with van der Waals surface area (Å²) in [4.78, 5) is 38.1. The van der Waals surface area contributed by atoms with Gasteiger partial charge in [-0.15, -0.1) is 0 Å². The number of halogens is 2. The van der Waals surface area contributed by atoms with Gasteiger partial charge < -0.3 is 5.32 Å². The van der Waals surface area contributed by atoms with Crippen LogP contribution in [-0.2, 0) is 11.3 Å². The number of benzene rings is 2. The molecule has 3 aromatic rings. The van der Waals surface area contributed by atoms with E-state index in [4.69, 9.17) is 11.6 Å². The first-order valence-electron chi connectivity index (χ1n) is 7.42. The molecule has 0 spiro atoms. The van der Waals surface area contributed by atoms with Crippen LogP contribution >= 0.6 is 11.6 Å². The fourth-order valence-electron chi connectivity index (χ4n) is 2.48. The second kappa shape index (κ2) is 6.90. The van der Waals surface area contributed by atoms with E-state index in [-0.39, 0.29) is 18.7 Å². The molecule has 0 bridgehead atoms. The molecule has 25 heavy (non-hydrogen) atoms. The van der Waals surface area contributed by atoms with Crippen molar-refractivity contribution in [2.45, 2.75) is 13.0 Å². The van der Waals surface area contributed by atoms with Gasteiger partial charge in [-0.3, -0.25) is 19.1 Å². The molecule has 0 unspecified atom stereocenters. The Hall–Kier alpha value is -2.93. The SMILES string of the molecule is O=C(CCn1c(=O)[nH]c(=O)c2ccccc21)Nc1cc(Cl)ccc1F. The Bertz CT molecular complexity index is 1070. The molecule has 0 saturated heterocycles. The van der Waals surface area contributed by atoms with Crippen molar-refractivity contribution in [2.75, 3.05) is 5.32 Å². The number of rotatable bonds is 4. The molecule has 0 saturated carbocycles. The summed E-state index contributed by atoms with van der Waals surface area (Å²) in [6.45, 7) is 0.0319. The number of H-pyrrole nitrogens is 1. The molecule has 0 aliphatic rings. The van der Waals surface area contributed by atoms with Crippen molar-refractivity contribution in [2.24, 2.45) is 0 Å². The van der Waals surface area contributed by atoms with Gasteiger partial charge in [-0.25, -0.2) is 9.18 Å². The highest BCUT2D eigenvalue weighted by molar-refractivity contribution is 6.30. The summed E-state index contributed by atoms with van der Waals surface area (Å²) < 4.78 is 14.9. The van der Waals surface area contributed by atoms with E-state index in [1.165, 1.54) is 16.7 Å². The number of para-hydroxylation sites is 1. The quantitative estimate of drug-likeness (QED) is 0.749. The van der Waals surface area contributed by atoms with E-state index >= 15 is 0 Å². The van der Waals surface area contributed by atoms with Gasteiger partial charge in [0.2, 0.25) is 5.91 Å². The van der Waals surface area contributed by atoms with Gasteiger partial charge in [0.05, 0.1) is 16.6 Å². The third-order valence-corrected chi connectivity index (χ3v) is 3.91. The first-order valence-corrected chi connectivity index (χ1v) is 7.80. The van der Waals surface area contributed by atoms with Crippen LogP contribution in [0.15, 0.2) is 52.1 Å². The van der Waals surface area contributed by atoms with Crippen LogP contribution in [0.3, 0.4) is 0 Å². The Balaban J connectivity index is 1.81. The smallest absolute Gasteiger partial charge is 0.323 e. The van der Waals surface area contributed by atoms with Crippen molar-refractivity contribution in [3.05, 3.63) is 74.1 Å². The molecular weight excluding hydrogens is 349 g/mol.